The van der Waals surface area contributed by atoms with Crippen molar-refractivity contribution < 1.29 is 22.1 Å². The number of nitrogens with one attached hydrogen (secondary N) is 1. The van der Waals surface area contributed by atoms with Crippen LogP contribution in [0, 0.1) is 17.7 Å². The van der Waals surface area contributed by atoms with Gasteiger partial charge in [-0.05, 0) is 60.1 Å². The van der Waals surface area contributed by atoms with Gasteiger partial charge in [-0.15, -0.1) is 0 Å². The van der Waals surface area contributed by atoms with E-state index < -0.39 is 23.9 Å². The number of benzene rings is 2. The molecule has 0 spiro atoms. The van der Waals surface area contributed by atoms with Crippen LogP contribution in [0.4, 0.5) is 10.1 Å². The second kappa shape index (κ2) is 9.78. The van der Waals surface area contributed by atoms with Crippen LogP contribution >= 0.6 is 50.5 Å². The summed E-state index contributed by atoms with van der Waals surface area (Å²) in [5, 5.41) is 12.5. The Morgan fingerprint density at radius 3 is 2.71 bits per heavy atom. The molecule has 0 aromatic heterocycles. The fraction of sp³-hybridized carbons (Fsp3) is 0.211. The van der Waals surface area contributed by atoms with Crippen molar-refractivity contribution in [2.45, 2.75) is 19.4 Å². The smallest absolute Gasteiger partial charge is 0.262 e. The monoisotopic (exact) mass is 581 g/mol. The fourth-order valence-corrected chi connectivity index (χ4v) is 3.29. The summed E-state index contributed by atoms with van der Waals surface area (Å²) in [6.07, 6.45) is 0. The molecule has 0 radical (unpaired) electrons. The minimum atomic E-state index is -1.12. The number of ether oxygens (including phenoxy) is 1. The molecule has 0 aliphatic rings. The third-order valence-corrected chi connectivity index (χ3v) is 4.58. The van der Waals surface area contributed by atoms with Crippen LogP contribution in [0.1, 0.15) is 19.4 Å². The number of halogens is 4. The predicted octanol–water partition coefficient (Wildman–Crippen LogP) is 5.11. The average molecular weight is 583 g/mol. The second-order valence-corrected chi connectivity index (χ2v) is 7.81. The van der Waals surface area contributed by atoms with Crippen LogP contribution in [-0.4, -0.2) is 23.2 Å². The van der Waals surface area contributed by atoms with Crippen molar-refractivity contribution in [2.24, 2.45) is 0 Å². The van der Waals surface area contributed by atoms with Crippen molar-refractivity contribution in [2.75, 3.05) is 11.9 Å². The van der Waals surface area contributed by atoms with Crippen LogP contribution in [-0.2, 0) is 4.79 Å². The number of rotatable bonds is 5. The zero-order valence-corrected chi connectivity index (χ0v) is 19.3. The van der Waals surface area contributed by atoms with Crippen molar-refractivity contribution in [1.29, 1.82) is 0 Å². The van der Waals surface area contributed by atoms with Gasteiger partial charge in [0.05, 0.1) is 15.2 Å². The second-order valence-electron chi connectivity index (χ2n) is 6.11. The fourth-order valence-electron chi connectivity index (χ4n) is 1.95. The molecule has 0 atom stereocenters. The van der Waals surface area contributed by atoms with Gasteiger partial charge in [0, 0.05) is 5.56 Å². The Morgan fingerprint density at radius 2 is 2.11 bits per heavy atom. The molecule has 2 N–H and O–H groups in total. The Kier molecular flexibility index (Phi) is 7.95. The van der Waals surface area contributed by atoms with Gasteiger partial charge in [-0.25, -0.2) is 0 Å². The van der Waals surface area contributed by atoms with Crippen LogP contribution in [0.5, 0.6) is 11.5 Å². The molecule has 28 heavy (non-hydrogen) atoms. The van der Waals surface area contributed by atoms with Crippen LogP contribution in [0.25, 0.3) is 0 Å². The predicted molar refractivity (Wildman–Crippen MR) is 118 cm³/mol. The van der Waals surface area contributed by atoms with Crippen molar-refractivity contribution in [1.82, 2.24) is 0 Å². The lowest BCUT2D eigenvalue weighted by atomic mass is 10.1. The summed E-state index contributed by atoms with van der Waals surface area (Å²) in [6.45, 7) is 2.72. The normalized spacial score (nSPS) is 10.7. The number of hydrogen-bond acceptors (Lipinski definition) is 4. The summed E-state index contributed by atoms with van der Waals surface area (Å²) in [5.74, 6) is 4.09. The minimum Gasteiger partial charge on any atom is -0.481 e. The molecule has 5 nitrogen and oxygen atoms in total. The van der Waals surface area contributed by atoms with E-state index in [-0.39, 0.29) is 16.5 Å². The van der Waals surface area contributed by atoms with E-state index in [4.69, 9.17) is 19.4 Å². The maximum absolute atomic E-state index is 14.2. The third kappa shape index (κ3) is 6.51. The third-order valence-electron chi connectivity index (χ3n) is 3.21. The van der Waals surface area contributed by atoms with Gasteiger partial charge in [0.1, 0.15) is 5.60 Å². The molecule has 1 amide bonds. The lowest BCUT2D eigenvalue weighted by Crippen LogP contribution is -2.20. The zero-order valence-electron chi connectivity index (χ0n) is 14.8. The van der Waals surface area contributed by atoms with Crippen molar-refractivity contribution >= 4 is 62.1 Å². The molecule has 2 aromatic rings. The molecule has 2 rings (SSSR count). The number of hydrogen-bond donors (Lipinski definition) is 2. The van der Waals surface area contributed by atoms with E-state index in [1.54, 1.807) is 61.1 Å². The first-order valence-electron chi connectivity index (χ1n) is 7.85. The van der Waals surface area contributed by atoms with E-state index in [1.165, 1.54) is 6.07 Å². The molecular weight excluding hydrogens is 567 g/mol. The Morgan fingerprint density at radius 1 is 1.39 bits per heavy atom. The molecule has 0 heterocycles. The van der Waals surface area contributed by atoms with Gasteiger partial charge in [-0.1, -0.05) is 23.4 Å². The Balaban J connectivity index is 2.03. The average Bonchev–Trinajstić information content (AvgIpc) is 2.61. The summed E-state index contributed by atoms with van der Waals surface area (Å²) >= 11 is 10.9. The number of amides is 1. The summed E-state index contributed by atoms with van der Waals surface area (Å²) in [5.41, 5.74) is -0.178. The van der Waals surface area contributed by atoms with E-state index in [0.29, 0.717) is 15.7 Å². The zero-order chi connectivity index (χ0) is 20.9. The van der Waals surface area contributed by atoms with Gasteiger partial charge in [0.25, 0.3) is 5.91 Å². The SMILES string of the molecule is CC(C)(O)C#Cc1ccc(NC(=O)COc2ccc(Br)c(OI)c2F)c(Cl)c1. The van der Waals surface area contributed by atoms with Gasteiger partial charge in [0.15, 0.2) is 41.1 Å². The van der Waals surface area contributed by atoms with Crippen LogP contribution < -0.4 is 13.1 Å². The van der Waals surface area contributed by atoms with Gasteiger partial charge >= 0.3 is 0 Å². The van der Waals surface area contributed by atoms with Gasteiger partial charge in [-0.3, -0.25) is 4.79 Å². The van der Waals surface area contributed by atoms with E-state index in [2.05, 4.69) is 33.1 Å². The maximum atomic E-state index is 14.2. The van der Waals surface area contributed by atoms with Crippen LogP contribution in [0.3, 0.4) is 0 Å². The first kappa shape index (κ1) is 22.7. The molecule has 0 aliphatic heterocycles. The molecule has 0 unspecified atom stereocenters. The molecule has 9 heteroatoms. The van der Waals surface area contributed by atoms with Gasteiger partial charge < -0.3 is 18.2 Å². The maximum Gasteiger partial charge on any atom is 0.262 e. The molecule has 0 saturated carbocycles. The topological polar surface area (TPSA) is 67.8 Å². The van der Waals surface area contributed by atoms with Gasteiger partial charge in [-0.2, -0.15) is 4.39 Å². The van der Waals surface area contributed by atoms with Crippen molar-refractivity contribution in [3.8, 4) is 23.3 Å². The first-order chi connectivity index (χ1) is 13.1. The largest absolute Gasteiger partial charge is 0.481 e. The summed E-state index contributed by atoms with van der Waals surface area (Å²) in [7, 11) is 0. The quantitative estimate of drug-likeness (QED) is 0.380. The Hall–Kier alpha value is -1.54. The van der Waals surface area contributed by atoms with E-state index in [9.17, 15) is 14.3 Å². The molecule has 0 bridgehead atoms. The van der Waals surface area contributed by atoms with Crippen LogP contribution in [0.2, 0.25) is 5.02 Å². The highest BCUT2D eigenvalue weighted by atomic mass is 127. The number of anilines is 1. The Bertz CT molecular complexity index is 953. The Labute approximate surface area is 189 Å². The van der Waals surface area contributed by atoms with E-state index >= 15 is 0 Å². The summed E-state index contributed by atoms with van der Waals surface area (Å²) in [4.78, 5) is 12.1. The van der Waals surface area contributed by atoms with Crippen molar-refractivity contribution in [3.05, 3.63) is 51.2 Å². The molecule has 0 fully saturated rings. The lowest BCUT2D eigenvalue weighted by molar-refractivity contribution is -0.118. The standard InChI is InChI=1S/C19H15BrClFINO4/c1-19(2,26)8-7-11-3-5-14(13(21)9-11)24-16(25)10-27-15-6-4-12(20)18(28-23)17(15)22/h3-6,9,26H,10H2,1-2H3,(H,24,25). The highest BCUT2D eigenvalue weighted by Crippen LogP contribution is 2.35. The van der Waals surface area contributed by atoms with E-state index in [0.717, 1.165) is 0 Å². The lowest BCUT2D eigenvalue weighted by Gasteiger charge is -2.11. The highest BCUT2D eigenvalue weighted by Gasteiger charge is 2.16. The van der Waals surface area contributed by atoms with Crippen LogP contribution in [0.15, 0.2) is 34.8 Å². The summed E-state index contributed by atoms with van der Waals surface area (Å²) in [6, 6.07) is 7.73. The highest BCUT2D eigenvalue weighted by molar-refractivity contribution is 14.1. The molecule has 2 aromatic carbocycles. The summed E-state index contributed by atoms with van der Waals surface area (Å²) < 4.78 is 24.8. The number of carbonyl (C=O) groups excluding carboxylic acids is 1. The minimum absolute atomic E-state index is 0.0238. The number of aliphatic hydroxyl groups is 1. The van der Waals surface area contributed by atoms with Crippen molar-refractivity contribution in [3.63, 3.8) is 0 Å². The molecular formula is C19H15BrClFINO4. The molecule has 0 saturated heterocycles. The van der Waals surface area contributed by atoms with Gasteiger partial charge in [0.2, 0.25) is 5.82 Å². The molecule has 148 valence electrons. The first-order valence-corrected chi connectivity index (χ1v) is 9.90. The molecule has 0 aliphatic carbocycles. The van der Waals surface area contributed by atoms with E-state index in [1.807, 2.05) is 0 Å². The number of carbonyl (C=O) groups is 1.